The Hall–Kier alpha value is -2.22. The second-order valence-corrected chi connectivity index (χ2v) is 10.2. The highest BCUT2D eigenvalue weighted by Crippen LogP contribution is 2.22. The topological polar surface area (TPSA) is 69.7 Å². The maximum atomic E-state index is 12.6. The molecule has 2 aromatic rings. The van der Waals surface area contributed by atoms with E-state index >= 15 is 0 Å². The molecule has 0 radical (unpaired) electrons. The van der Waals surface area contributed by atoms with Gasteiger partial charge in [0, 0.05) is 25.3 Å². The van der Waals surface area contributed by atoms with Gasteiger partial charge in [0.15, 0.2) is 0 Å². The third-order valence-electron chi connectivity index (χ3n) is 5.35. The van der Waals surface area contributed by atoms with E-state index in [2.05, 4.69) is 43.4 Å². The van der Waals surface area contributed by atoms with E-state index in [1.54, 1.807) is 24.3 Å². The molecule has 7 heteroatoms. The summed E-state index contributed by atoms with van der Waals surface area (Å²) in [4.78, 5) is 14.6. The number of carbonyl (C=O) groups is 1. The van der Waals surface area contributed by atoms with Gasteiger partial charge in [0.05, 0.1) is 11.4 Å². The Bertz CT molecular complexity index is 948. The number of rotatable bonds is 8. The number of hydrogen-bond donors (Lipinski definition) is 1. The average Bonchev–Trinajstić information content (AvgIpc) is 3.24. The van der Waals surface area contributed by atoms with Crippen LogP contribution in [-0.4, -0.2) is 50.2 Å². The summed E-state index contributed by atoms with van der Waals surface area (Å²) in [6, 6.07) is 14.9. The van der Waals surface area contributed by atoms with Gasteiger partial charge in [-0.2, -0.15) is 4.31 Å². The molecule has 2 aromatic carbocycles. The molecule has 0 bridgehead atoms. The first-order chi connectivity index (χ1) is 14.3. The van der Waals surface area contributed by atoms with E-state index in [0.717, 1.165) is 18.4 Å². The molecule has 30 heavy (non-hydrogen) atoms. The molecule has 3 rings (SSSR count). The smallest absolute Gasteiger partial charge is 0.243 e. The monoisotopic (exact) mass is 429 g/mol. The van der Waals surface area contributed by atoms with Gasteiger partial charge in [0.25, 0.3) is 0 Å². The second kappa shape index (κ2) is 9.73. The number of carbonyl (C=O) groups excluding carboxylic acids is 1. The van der Waals surface area contributed by atoms with Crippen molar-refractivity contribution in [3.63, 3.8) is 0 Å². The molecule has 0 atom stereocenters. The van der Waals surface area contributed by atoms with E-state index in [-0.39, 0.29) is 17.3 Å². The van der Waals surface area contributed by atoms with Crippen LogP contribution in [0.3, 0.4) is 0 Å². The number of likely N-dealkylation sites (N-methyl/N-ethyl adjacent to an activating group) is 1. The maximum absolute atomic E-state index is 12.6. The third kappa shape index (κ3) is 5.68. The van der Waals surface area contributed by atoms with Crippen LogP contribution in [0.25, 0.3) is 0 Å². The molecular weight excluding hydrogens is 398 g/mol. The van der Waals surface area contributed by atoms with Crippen LogP contribution in [0, 0.1) is 0 Å². The van der Waals surface area contributed by atoms with Crippen molar-refractivity contribution in [2.24, 2.45) is 0 Å². The Morgan fingerprint density at radius 3 is 2.20 bits per heavy atom. The molecule has 0 saturated carbocycles. The molecule has 1 saturated heterocycles. The lowest BCUT2D eigenvalue weighted by Crippen LogP contribution is -2.30. The van der Waals surface area contributed by atoms with Crippen molar-refractivity contribution in [1.82, 2.24) is 9.21 Å². The average molecular weight is 430 g/mol. The predicted octanol–water partition coefficient (Wildman–Crippen LogP) is 3.67. The molecule has 1 N–H and O–H groups in total. The normalized spacial score (nSPS) is 15.1. The van der Waals surface area contributed by atoms with Crippen LogP contribution >= 0.6 is 0 Å². The van der Waals surface area contributed by atoms with Gasteiger partial charge in [-0.15, -0.1) is 0 Å². The van der Waals surface area contributed by atoms with Gasteiger partial charge >= 0.3 is 0 Å². The van der Waals surface area contributed by atoms with Crippen molar-refractivity contribution in [3.8, 4) is 0 Å². The van der Waals surface area contributed by atoms with Gasteiger partial charge < -0.3 is 5.32 Å². The number of sulfonamides is 1. The molecule has 1 aliphatic heterocycles. The quantitative estimate of drug-likeness (QED) is 0.695. The summed E-state index contributed by atoms with van der Waals surface area (Å²) in [7, 11) is -1.53. The number of benzene rings is 2. The summed E-state index contributed by atoms with van der Waals surface area (Å²) in [5.74, 6) is 0.366. The summed E-state index contributed by atoms with van der Waals surface area (Å²) in [6.07, 6.45) is 1.81. The van der Waals surface area contributed by atoms with E-state index in [4.69, 9.17) is 0 Å². The fourth-order valence-corrected chi connectivity index (χ4v) is 5.13. The maximum Gasteiger partial charge on any atom is 0.243 e. The van der Waals surface area contributed by atoms with Crippen LogP contribution in [0.1, 0.15) is 43.7 Å². The Balaban J connectivity index is 1.53. The molecule has 6 nitrogen and oxygen atoms in total. The van der Waals surface area contributed by atoms with Gasteiger partial charge in [0.2, 0.25) is 15.9 Å². The first kappa shape index (κ1) is 22.5. The summed E-state index contributed by atoms with van der Waals surface area (Å²) < 4.78 is 26.7. The minimum absolute atomic E-state index is 0.133. The first-order valence-electron chi connectivity index (χ1n) is 10.4. The number of nitrogens with one attached hydrogen (secondary N) is 1. The van der Waals surface area contributed by atoms with Gasteiger partial charge in [-0.05, 0) is 61.2 Å². The van der Waals surface area contributed by atoms with Gasteiger partial charge in [0.1, 0.15) is 0 Å². The van der Waals surface area contributed by atoms with Crippen LogP contribution in [0.4, 0.5) is 5.69 Å². The molecule has 1 heterocycles. The lowest BCUT2D eigenvalue weighted by Gasteiger charge is -2.17. The van der Waals surface area contributed by atoms with E-state index in [1.807, 2.05) is 11.9 Å². The number of amides is 1. The van der Waals surface area contributed by atoms with Crippen molar-refractivity contribution in [2.75, 3.05) is 32.0 Å². The number of nitrogens with zero attached hydrogens (tertiary/aromatic N) is 2. The van der Waals surface area contributed by atoms with Gasteiger partial charge in [-0.3, -0.25) is 9.69 Å². The highest BCUT2D eigenvalue weighted by atomic mass is 32.2. The van der Waals surface area contributed by atoms with Crippen LogP contribution in [0.2, 0.25) is 0 Å². The zero-order valence-corrected chi connectivity index (χ0v) is 18.8. The highest BCUT2D eigenvalue weighted by molar-refractivity contribution is 7.89. The van der Waals surface area contributed by atoms with E-state index in [9.17, 15) is 13.2 Å². The van der Waals surface area contributed by atoms with Crippen molar-refractivity contribution in [1.29, 1.82) is 0 Å². The zero-order valence-electron chi connectivity index (χ0n) is 18.0. The van der Waals surface area contributed by atoms with Crippen LogP contribution in [-0.2, 0) is 21.4 Å². The van der Waals surface area contributed by atoms with Crippen molar-refractivity contribution < 1.29 is 13.2 Å². The van der Waals surface area contributed by atoms with Crippen LogP contribution in [0.5, 0.6) is 0 Å². The Kier molecular flexibility index (Phi) is 7.28. The molecule has 0 spiro atoms. The Morgan fingerprint density at radius 1 is 1.03 bits per heavy atom. The third-order valence-corrected chi connectivity index (χ3v) is 7.27. The van der Waals surface area contributed by atoms with Crippen molar-refractivity contribution >= 4 is 21.6 Å². The van der Waals surface area contributed by atoms with Crippen LogP contribution in [0.15, 0.2) is 53.4 Å². The second-order valence-electron chi connectivity index (χ2n) is 8.25. The van der Waals surface area contributed by atoms with E-state index in [0.29, 0.717) is 31.2 Å². The first-order valence-corrected chi connectivity index (χ1v) is 11.9. The summed E-state index contributed by atoms with van der Waals surface area (Å²) in [6.45, 7) is 6.42. The summed E-state index contributed by atoms with van der Waals surface area (Å²) >= 11 is 0. The Labute approximate surface area is 179 Å². The Morgan fingerprint density at radius 2 is 1.63 bits per heavy atom. The molecule has 0 aliphatic carbocycles. The highest BCUT2D eigenvalue weighted by Gasteiger charge is 2.26. The molecule has 0 aromatic heterocycles. The molecule has 1 fully saturated rings. The van der Waals surface area contributed by atoms with Crippen LogP contribution < -0.4 is 5.32 Å². The van der Waals surface area contributed by atoms with E-state index in [1.165, 1.54) is 9.87 Å². The van der Waals surface area contributed by atoms with Crippen molar-refractivity contribution in [3.05, 3.63) is 59.7 Å². The molecule has 0 unspecified atom stereocenters. The zero-order chi connectivity index (χ0) is 21.7. The lowest BCUT2D eigenvalue weighted by molar-refractivity contribution is -0.117. The largest absolute Gasteiger partial charge is 0.325 e. The molecule has 1 amide bonds. The lowest BCUT2D eigenvalue weighted by atomic mass is 10.0. The SMILES string of the molecule is CC(C)c1ccc(CN(C)CC(=O)Nc2ccc(S(=O)(=O)N3CCCC3)cc2)cc1. The molecule has 1 aliphatic rings. The predicted molar refractivity (Wildman–Crippen MR) is 120 cm³/mol. The molecule has 162 valence electrons. The summed E-state index contributed by atoms with van der Waals surface area (Å²) in [5.41, 5.74) is 3.05. The fraction of sp³-hybridized carbons (Fsp3) is 0.435. The minimum Gasteiger partial charge on any atom is -0.325 e. The number of hydrogen-bond acceptors (Lipinski definition) is 4. The minimum atomic E-state index is -3.43. The van der Waals surface area contributed by atoms with Gasteiger partial charge in [-0.25, -0.2) is 8.42 Å². The fourth-order valence-electron chi connectivity index (χ4n) is 3.61. The molecular formula is C23H31N3O3S. The van der Waals surface area contributed by atoms with Crippen molar-refractivity contribution in [2.45, 2.75) is 44.0 Å². The van der Waals surface area contributed by atoms with Gasteiger partial charge in [-0.1, -0.05) is 38.1 Å². The summed E-state index contributed by atoms with van der Waals surface area (Å²) in [5, 5.41) is 2.84. The number of anilines is 1. The standard InChI is InChI=1S/C23H31N3O3S/c1-18(2)20-8-6-19(7-9-20)16-25(3)17-23(27)24-21-10-12-22(13-11-21)30(28,29)26-14-4-5-15-26/h6-13,18H,4-5,14-17H2,1-3H3,(H,24,27). The van der Waals surface area contributed by atoms with E-state index < -0.39 is 10.0 Å².